The minimum absolute atomic E-state index is 0.0312. The van der Waals surface area contributed by atoms with Gasteiger partial charge in [0.2, 0.25) is 0 Å². The number of nitrogens with one attached hydrogen (secondary N) is 1. The lowest BCUT2D eigenvalue weighted by Crippen LogP contribution is -2.37. The second-order valence-electron chi connectivity index (χ2n) is 9.07. The number of carbonyl (C=O) groups excluding carboxylic acids is 1. The van der Waals surface area contributed by atoms with Gasteiger partial charge < -0.3 is 48.7 Å². The van der Waals surface area contributed by atoms with E-state index in [1.807, 2.05) is 20.8 Å². The Morgan fingerprint density at radius 3 is 1.20 bits per heavy atom. The van der Waals surface area contributed by atoms with Gasteiger partial charge in [0.05, 0.1) is 44.9 Å². The van der Waals surface area contributed by atoms with Crippen LogP contribution in [0.2, 0.25) is 0 Å². The number of carbonyl (C=O) groups is 1. The highest BCUT2D eigenvalue weighted by atomic mass is 31.2. The second-order valence-corrected chi connectivity index (χ2v) is 17.0. The van der Waals surface area contributed by atoms with E-state index in [0.717, 1.165) is 19.3 Å². The van der Waals surface area contributed by atoms with E-state index in [9.17, 15) is 36.2 Å². The zero-order valence-corrected chi connectivity index (χ0v) is 31.4. The highest BCUT2D eigenvalue weighted by Crippen LogP contribution is 2.49. The largest absolute Gasteiger partial charge is 0.471 e. The molecule has 282 valence electrons. The van der Waals surface area contributed by atoms with Crippen LogP contribution in [0.1, 0.15) is 80.1 Å². The third-order valence-corrected chi connectivity index (χ3v) is 10.8. The molecule has 0 aliphatic heterocycles. The Morgan fingerprint density at radius 1 is 0.630 bits per heavy atom. The molecule has 0 aromatic rings. The van der Waals surface area contributed by atoms with Gasteiger partial charge in [-0.2, -0.15) is 13.2 Å². The Morgan fingerprint density at radius 2 is 0.957 bits per heavy atom. The molecule has 0 unspecified atom stereocenters. The van der Waals surface area contributed by atoms with Crippen molar-refractivity contribution < 1.29 is 73.9 Å². The Hall–Kier alpha value is -0.180. The fourth-order valence-corrected chi connectivity index (χ4v) is 7.52. The third-order valence-electron chi connectivity index (χ3n) is 4.70. The summed E-state index contributed by atoms with van der Waals surface area (Å²) >= 11 is 0. The number of amides is 1. The Bertz CT molecular complexity index is 889. The van der Waals surface area contributed by atoms with Gasteiger partial charge in [-0.05, 0) is 59.9 Å². The van der Waals surface area contributed by atoms with Crippen molar-refractivity contribution in [2.24, 2.45) is 5.73 Å². The number of nitrogens with two attached hydrogens (primary N) is 1. The molecule has 22 heteroatoms. The quantitative estimate of drug-likeness (QED) is 0.0594. The maximum atomic E-state index is 11.9. The smallest absolute Gasteiger partial charge is 0.348 e. The molecule has 0 saturated heterocycles. The van der Waals surface area contributed by atoms with Gasteiger partial charge in [0, 0.05) is 12.7 Å². The Labute approximate surface area is 271 Å². The fourth-order valence-electron chi connectivity index (χ4n) is 2.71. The number of rotatable bonds is 21. The summed E-state index contributed by atoms with van der Waals surface area (Å²) in [6, 6.07) is 0. The normalized spacial score (nSPS) is 12.1. The zero-order chi connectivity index (χ0) is 36.9. The maximum Gasteiger partial charge on any atom is 0.471 e. The summed E-state index contributed by atoms with van der Waals surface area (Å²) in [5, 5.41) is 1.68. The van der Waals surface area contributed by atoms with Gasteiger partial charge in [-0.3, -0.25) is 23.1 Å². The SMILES string of the molecule is CCCCP(=O)(O)O.CCCCP(=O)(OCC)OCC.CCOP(=O)(CCCNC(=O)C(F)(F)F)OCC.NCCCP(=O)(O)O. The van der Waals surface area contributed by atoms with E-state index in [2.05, 4.69) is 6.92 Å². The average Bonchev–Trinajstić information content (AvgIpc) is 2.92. The van der Waals surface area contributed by atoms with Gasteiger partial charge in [0.25, 0.3) is 0 Å². The molecule has 0 aliphatic carbocycles. The van der Waals surface area contributed by atoms with Crippen LogP contribution in [0.5, 0.6) is 0 Å². The lowest BCUT2D eigenvalue weighted by molar-refractivity contribution is -0.173. The number of hydrogen-bond acceptors (Lipinski definition) is 10. The Kier molecular flexibility index (Phi) is 34.0. The van der Waals surface area contributed by atoms with Crippen molar-refractivity contribution in [3.8, 4) is 0 Å². The van der Waals surface area contributed by atoms with Crippen molar-refractivity contribution >= 4 is 36.3 Å². The molecule has 15 nitrogen and oxygen atoms in total. The highest BCUT2D eigenvalue weighted by molar-refractivity contribution is 7.54. The van der Waals surface area contributed by atoms with Gasteiger partial charge in [0.15, 0.2) is 0 Å². The van der Waals surface area contributed by atoms with Gasteiger partial charge in [-0.15, -0.1) is 0 Å². The molecular weight excluding hydrogens is 705 g/mol. The van der Waals surface area contributed by atoms with E-state index in [1.54, 1.807) is 19.2 Å². The first kappa shape index (κ1) is 52.6. The highest BCUT2D eigenvalue weighted by Gasteiger charge is 2.38. The summed E-state index contributed by atoms with van der Waals surface area (Å²) in [6.45, 7) is 12.3. The number of unbranched alkanes of at least 4 members (excludes halogenated alkanes) is 2. The molecule has 0 fully saturated rings. The third kappa shape index (κ3) is 40.0. The molecule has 7 N–H and O–H groups in total. The predicted octanol–water partition coefficient (Wildman–Crippen LogP) is 5.85. The molecule has 0 atom stereocenters. The van der Waals surface area contributed by atoms with Crippen molar-refractivity contribution in [2.45, 2.75) is 86.2 Å². The molecule has 0 spiro atoms. The average molecular weight is 763 g/mol. The van der Waals surface area contributed by atoms with Crippen molar-refractivity contribution in [2.75, 3.05) is 64.2 Å². The summed E-state index contributed by atoms with van der Waals surface area (Å²) in [5.41, 5.74) is 4.99. The van der Waals surface area contributed by atoms with Crippen LogP contribution in [0, 0.1) is 0 Å². The lowest BCUT2D eigenvalue weighted by Gasteiger charge is -2.16. The molecule has 1 amide bonds. The molecule has 0 rings (SSSR count). The number of alkyl halides is 3. The van der Waals surface area contributed by atoms with Crippen LogP contribution >= 0.6 is 30.4 Å². The van der Waals surface area contributed by atoms with Crippen LogP contribution in [-0.4, -0.2) is 95.8 Å². The summed E-state index contributed by atoms with van der Waals surface area (Å²) in [5.74, 6) is -2.01. The van der Waals surface area contributed by atoms with Crippen molar-refractivity contribution in [1.82, 2.24) is 5.32 Å². The van der Waals surface area contributed by atoms with E-state index in [-0.39, 0.29) is 44.7 Å². The van der Waals surface area contributed by atoms with Crippen LogP contribution in [0.15, 0.2) is 0 Å². The summed E-state index contributed by atoms with van der Waals surface area (Å²) < 4.78 is 99.3. The van der Waals surface area contributed by atoms with Crippen LogP contribution in [-0.2, 0) is 41.1 Å². The summed E-state index contributed by atoms with van der Waals surface area (Å²) in [6.07, 6.45) is -0.602. The van der Waals surface area contributed by atoms with Gasteiger partial charge >= 0.3 is 42.5 Å². The van der Waals surface area contributed by atoms with Crippen LogP contribution in [0.4, 0.5) is 13.2 Å². The molecule has 0 saturated carbocycles. The molecular formula is C24H57F3N2O13P4. The van der Waals surface area contributed by atoms with E-state index in [4.69, 9.17) is 43.4 Å². The van der Waals surface area contributed by atoms with Gasteiger partial charge in [-0.25, -0.2) is 0 Å². The summed E-state index contributed by atoms with van der Waals surface area (Å²) in [4.78, 5) is 43.4. The second kappa shape index (κ2) is 29.7. The lowest BCUT2D eigenvalue weighted by atomic mass is 10.4. The van der Waals surface area contributed by atoms with Crippen molar-refractivity contribution in [1.29, 1.82) is 0 Å². The maximum absolute atomic E-state index is 11.9. The molecule has 0 aromatic heterocycles. The molecule has 0 heterocycles. The predicted molar refractivity (Wildman–Crippen MR) is 172 cm³/mol. The van der Waals surface area contributed by atoms with E-state index >= 15 is 0 Å². The van der Waals surface area contributed by atoms with Crippen molar-refractivity contribution in [3.63, 3.8) is 0 Å². The van der Waals surface area contributed by atoms with Gasteiger partial charge in [0.1, 0.15) is 0 Å². The molecule has 0 aliphatic rings. The van der Waals surface area contributed by atoms with Crippen molar-refractivity contribution in [3.05, 3.63) is 0 Å². The number of halogens is 3. The first-order valence-electron chi connectivity index (χ1n) is 15.0. The molecule has 0 radical (unpaired) electrons. The van der Waals surface area contributed by atoms with E-state index < -0.39 is 42.5 Å². The minimum atomic E-state index is -4.90. The zero-order valence-electron chi connectivity index (χ0n) is 27.8. The van der Waals surface area contributed by atoms with E-state index in [0.29, 0.717) is 38.8 Å². The topological polar surface area (TPSA) is 241 Å². The Balaban J connectivity index is -0.000000273. The van der Waals surface area contributed by atoms with E-state index in [1.165, 1.54) is 0 Å². The summed E-state index contributed by atoms with van der Waals surface area (Å²) in [7, 11) is -13.4. The standard InChI is InChI=1S/C9H17F3NO4P.C8H19O3P.C4H11O3P.C3H10NO3P/c1-3-16-18(15,17-4-2)7-5-6-13-8(14)9(10,11)12;1-4-7-8-12(9,10-5-2)11-6-3;1-2-3-4-8(5,6)7;4-2-1-3-8(5,6)7/h3-7H2,1-2H3,(H,13,14);4-8H2,1-3H3;2-4H2,1H3,(H2,5,6,7);1-4H2,(H2,5,6,7). The molecule has 0 aromatic carbocycles. The minimum Gasteiger partial charge on any atom is -0.348 e. The first-order chi connectivity index (χ1) is 21.1. The van der Waals surface area contributed by atoms with Crippen LogP contribution in [0.25, 0.3) is 0 Å². The molecule has 46 heavy (non-hydrogen) atoms. The van der Waals surface area contributed by atoms with Crippen LogP contribution < -0.4 is 11.1 Å². The molecule has 0 bridgehead atoms. The monoisotopic (exact) mass is 762 g/mol. The van der Waals surface area contributed by atoms with Gasteiger partial charge in [-0.1, -0.05) is 26.7 Å². The first-order valence-corrected chi connectivity index (χ1v) is 22.0. The fraction of sp³-hybridized carbons (Fsp3) is 0.958. The number of hydrogen-bond donors (Lipinski definition) is 6. The van der Waals surface area contributed by atoms with Crippen LogP contribution in [0.3, 0.4) is 0 Å².